The minimum atomic E-state index is -1.14. The predicted molar refractivity (Wildman–Crippen MR) is 104 cm³/mol. The molecule has 6 atom stereocenters. The lowest BCUT2D eigenvalue weighted by Gasteiger charge is -2.44. The van der Waals surface area contributed by atoms with E-state index in [2.05, 4.69) is 10.6 Å². The lowest BCUT2D eigenvalue weighted by molar-refractivity contribution is -0.334. The van der Waals surface area contributed by atoms with E-state index in [4.69, 9.17) is 14.2 Å². The van der Waals surface area contributed by atoms with E-state index < -0.39 is 48.3 Å². The average Bonchev–Trinajstić information content (AvgIpc) is 2.75. The number of aliphatic hydroxyl groups is 2. The fourth-order valence-electron chi connectivity index (χ4n) is 3.19. The molecule has 0 aromatic carbocycles. The maximum absolute atomic E-state index is 12.8. The number of rotatable bonds is 5. The van der Waals surface area contributed by atoms with Gasteiger partial charge in [0, 0.05) is 13.7 Å². The Balaban J connectivity index is 2.13. The van der Waals surface area contributed by atoms with Crippen molar-refractivity contribution >= 4 is 34.4 Å². The van der Waals surface area contributed by atoms with Crippen molar-refractivity contribution in [1.82, 2.24) is 10.6 Å². The summed E-state index contributed by atoms with van der Waals surface area (Å²) in [7, 11) is 1.34. The molecule has 6 unspecified atom stereocenters. The summed E-state index contributed by atoms with van der Waals surface area (Å²) in [6.07, 6.45) is -2.22. The maximum Gasteiger partial charge on any atom is 0.252 e. The molecule has 2 aliphatic rings. The first-order valence-corrected chi connectivity index (χ1v) is 10.0. The Morgan fingerprint density at radius 1 is 1.41 bits per heavy atom. The van der Waals surface area contributed by atoms with Crippen LogP contribution in [0.4, 0.5) is 0 Å². The van der Waals surface area contributed by atoms with Gasteiger partial charge in [-0.2, -0.15) is 0 Å². The molecule has 9 nitrogen and oxygen atoms in total. The third-order valence-electron chi connectivity index (χ3n) is 4.52. The molecule has 2 fully saturated rings. The SMILES string of the molecule is COC(C(=O)NC1CCC(O)CNC1=O)C1OC(C)(C)OC(/C=C/I)C1O. The summed E-state index contributed by atoms with van der Waals surface area (Å²) < 4.78 is 18.5. The van der Waals surface area contributed by atoms with Gasteiger partial charge in [-0.15, -0.1) is 0 Å². The summed E-state index contributed by atoms with van der Waals surface area (Å²) in [5, 5.41) is 25.5. The molecule has 2 heterocycles. The van der Waals surface area contributed by atoms with E-state index in [1.807, 2.05) is 22.6 Å². The first-order valence-electron chi connectivity index (χ1n) is 8.78. The van der Waals surface area contributed by atoms with Crippen LogP contribution in [0.1, 0.15) is 26.7 Å². The molecular weight excluding hydrogens is 471 g/mol. The standard InChI is InChI=1S/C17H27IN2O7/c1-17(2)26-11(6-7-18)12(22)13(27-17)14(25-3)16(24)20-10-5-4-9(21)8-19-15(10)23/h6-7,9-14,21-22H,4-5,8H2,1-3H3,(H,19,23)(H,20,24)/b7-6+. The van der Waals surface area contributed by atoms with Crippen molar-refractivity contribution in [2.45, 2.75) is 69.0 Å². The molecular formula is C17H27IN2O7. The number of methoxy groups -OCH3 is 1. The van der Waals surface area contributed by atoms with Gasteiger partial charge in [-0.05, 0) is 36.8 Å². The van der Waals surface area contributed by atoms with E-state index in [0.29, 0.717) is 12.8 Å². The number of hydrogen-bond acceptors (Lipinski definition) is 7. The summed E-state index contributed by atoms with van der Waals surface area (Å²) >= 11 is 2.01. The monoisotopic (exact) mass is 498 g/mol. The van der Waals surface area contributed by atoms with Crippen molar-refractivity contribution in [3.63, 3.8) is 0 Å². The number of ether oxygens (including phenoxy) is 3. The third kappa shape index (κ3) is 5.84. The van der Waals surface area contributed by atoms with E-state index >= 15 is 0 Å². The Morgan fingerprint density at radius 2 is 2.11 bits per heavy atom. The molecule has 2 rings (SSSR count). The van der Waals surface area contributed by atoms with Crippen LogP contribution < -0.4 is 10.6 Å². The summed E-state index contributed by atoms with van der Waals surface area (Å²) in [6.45, 7) is 3.52. The molecule has 2 amide bonds. The van der Waals surface area contributed by atoms with Gasteiger partial charge in [0.25, 0.3) is 5.91 Å². The second kappa shape index (κ2) is 9.61. The van der Waals surface area contributed by atoms with Gasteiger partial charge in [-0.25, -0.2) is 0 Å². The molecule has 0 bridgehead atoms. The Morgan fingerprint density at radius 3 is 2.74 bits per heavy atom. The number of amides is 2. The number of carbonyl (C=O) groups excluding carboxylic acids is 2. The molecule has 0 saturated carbocycles. The van der Waals surface area contributed by atoms with Crippen molar-refractivity contribution in [2.24, 2.45) is 0 Å². The highest BCUT2D eigenvalue weighted by Crippen LogP contribution is 2.30. The normalized spacial score (nSPS) is 35.3. The van der Waals surface area contributed by atoms with E-state index in [1.54, 1.807) is 24.0 Å². The van der Waals surface area contributed by atoms with Gasteiger partial charge >= 0.3 is 0 Å². The molecule has 2 saturated heterocycles. The van der Waals surface area contributed by atoms with Crippen LogP contribution in [0.2, 0.25) is 0 Å². The quantitative estimate of drug-likeness (QED) is 0.380. The topological polar surface area (TPSA) is 126 Å². The first kappa shape index (κ1) is 22.5. The molecule has 0 aromatic rings. The van der Waals surface area contributed by atoms with Gasteiger partial charge in [0.05, 0.1) is 6.10 Å². The Hall–Kier alpha value is -0.790. The summed E-state index contributed by atoms with van der Waals surface area (Å²) in [5.41, 5.74) is 0. The van der Waals surface area contributed by atoms with E-state index in [1.165, 1.54) is 7.11 Å². The van der Waals surface area contributed by atoms with Crippen LogP contribution in [-0.4, -0.2) is 78.0 Å². The maximum atomic E-state index is 12.8. The van der Waals surface area contributed by atoms with Crippen molar-refractivity contribution in [3.8, 4) is 0 Å². The fourth-order valence-corrected chi connectivity index (χ4v) is 3.60. The number of nitrogens with one attached hydrogen (secondary N) is 2. The minimum Gasteiger partial charge on any atom is -0.391 e. The fraction of sp³-hybridized carbons (Fsp3) is 0.765. The average molecular weight is 498 g/mol. The molecule has 0 aromatic heterocycles. The highest BCUT2D eigenvalue weighted by molar-refractivity contribution is 14.1. The van der Waals surface area contributed by atoms with Crippen LogP contribution >= 0.6 is 22.6 Å². The Kier molecular flexibility index (Phi) is 8.01. The molecule has 154 valence electrons. The van der Waals surface area contributed by atoms with Crippen LogP contribution in [0.15, 0.2) is 10.2 Å². The van der Waals surface area contributed by atoms with Gasteiger partial charge in [0.15, 0.2) is 11.9 Å². The minimum absolute atomic E-state index is 0.152. The molecule has 0 radical (unpaired) electrons. The van der Waals surface area contributed by atoms with Crippen molar-refractivity contribution in [3.05, 3.63) is 10.2 Å². The summed E-state index contributed by atoms with van der Waals surface area (Å²) in [4.78, 5) is 24.9. The predicted octanol–water partition coefficient (Wildman–Crippen LogP) is -0.413. The first-order chi connectivity index (χ1) is 12.7. The van der Waals surface area contributed by atoms with Crippen LogP contribution in [-0.2, 0) is 23.8 Å². The lowest BCUT2D eigenvalue weighted by atomic mass is 9.98. The van der Waals surface area contributed by atoms with Crippen LogP contribution in [0.3, 0.4) is 0 Å². The second-order valence-electron chi connectivity index (χ2n) is 7.07. The number of aliphatic hydroxyl groups excluding tert-OH is 2. The molecule has 10 heteroatoms. The smallest absolute Gasteiger partial charge is 0.252 e. The Bertz CT molecular complexity index is 571. The van der Waals surface area contributed by atoms with Gasteiger partial charge in [0.2, 0.25) is 5.91 Å². The lowest BCUT2D eigenvalue weighted by Crippen LogP contribution is -2.62. The third-order valence-corrected chi connectivity index (χ3v) is 4.93. The molecule has 2 aliphatic heterocycles. The zero-order valence-corrected chi connectivity index (χ0v) is 17.7. The molecule has 0 spiro atoms. The number of carbonyl (C=O) groups is 2. The zero-order chi connectivity index (χ0) is 20.2. The Labute approximate surface area is 171 Å². The van der Waals surface area contributed by atoms with E-state index in [9.17, 15) is 19.8 Å². The van der Waals surface area contributed by atoms with Crippen LogP contribution in [0.25, 0.3) is 0 Å². The van der Waals surface area contributed by atoms with Gasteiger partial charge in [-0.1, -0.05) is 22.6 Å². The van der Waals surface area contributed by atoms with E-state index in [0.717, 1.165) is 0 Å². The highest BCUT2D eigenvalue weighted by atomic mass is 127. The van der Waals surface area contributed by atoms with Crippen LogP contribution in [0, 0.1) is 0 Å². The van der Waals surface area contributed by atoms with E-state index in [-0.39, 0.29) is 12.5 Å². The van der Waals surface area contributed by atoms with Crippen molar-refractivity contribution < 1.29 is 34.0 Å². The van der Waals surface area contributed by atoms with Gasteiger partial charge in [-0.3, -0.25) is 9.59 Å². The van der Waals surface area contributed by atoms with Gasteiger partial charge < -0.3 is 35.1 Å². The molecule has 27 heavy (non-hydrogen) atoms. The zero-order valence-electron chi connectivity index (χ0n) is 15.6. The highest BCUT2D eigenvalue weighted by Gasteiger charge is 2.47. The van der Waals surface area contributed by atoms with Crippen LogP contribution in [0.5, 0.6) is 0 Å². The number of hydrogen-bond donors (Lipinski definition) is 4. The summed E-state index contributed by atoms with van der Waals surface area (Å²) in [6, 6.07) is -0.790. The summed E-state index contributed by atoms with van der Waals surface area (Å²) in [5.74, 6) is -1.98. The van der Waals surface area contributed by atoms with Crippen molar-refractivity contribution in [1.29, 1.82) is 0 Å². The van der Waals surface area contributed by atoms with Gasteiger partial charge in [0.1, 0.15) is 24.4 Å². The second-order valence-corrected chi connectivity index (χ2v) is 7.79. The largest absolute Gasteiger partial charge is 0.391 e. The van der Waals surface area contributed by atoms with Crippen molar-refractivity contribution in [2.75, 3.05) is 13.7 Å². The molecule has 0 aliphatic carbocycles. The number of halogens is 1. The molecule has 4 N–H and O–H groups in total. The number of β-amino-alcohol motifs (C(OH)–C–C–N with tert-alkyl or cyclic N) is 1.